The molecule has 0 fully saturated rings. The van der Waals surface area contributed by atoms with Crippen LogP contribution in [-0.4, -0.2) is 17.9 Å². The Morgan fingerprint density at radius 2 is 1.94 bits per heavy atom. The maximum absolute atomic E-state index is 11.3. The lowest BCUT2D eigenvalue weighted by atomic mass is 10.2. The van der Waals surface area contributed by atoms with Crippen molar-refractivity contribution < 1.29 is 19.3 Å². The summed E-state index contributed by atoms with van der Waals surface area (Å²) in [7, 11) is 0. The summed E-state index contributed by atoms with van der Waals surface area (Å²) < 4.78 is 5.06. The highest BCUT2D eigenvalue weighted by Gasteiger charge is 2.19. The van der Waals surface area contributed by atoms with E-state index >= 15 is 0 Å². The van der Waals surface area contributed by atoms with Gasteiger partial charge in [0.25, 0.3) is 0 Å². The highest BCUT2D eigenvalue weighted by molar-refractivity contribution is 5.86. The maximum Gasteiger partial charge on any atom is 0.335 e. The Balaban J connectivity index is 4.17. The standard InChI is InChI=1S/C12H22O4/c1-7-8-10(14-11(13)9(2)3)15-16-12(4,5)6/h10H,2,7-8H2,1,3-6H3. The molecule has 0 aromatic heterocycles. The van der Waals surface area contributed by atoms with Crippen LogP contribution in [-0.2, 0) is 19.3 Å². The minimum absolute atomic E-state index is 0.348. The normalized spacial score (nSPS) is 13.3. The molecular weight excluding hydrogens is 208 g/mol. The van der Waals surface area contributed by atoms with Crippen LogP contribution in [0.2, 0.25) is 0 Å². The molecule has 0 N–H and O–H groups in total. The van der Waals surface area contributed by atoms with Crippen molar-refractivity contribution in [1.29, 1.82) is 0 Å². The van der Waals surface area contributed by atoms with Crippen LogP contribution in [0.1, 0.15) is 47.5 Å². The molecule has 0 aromatic rings. The molecule has 94 valence electrons. The first-order valence-electron chi connectivity index (χ1n) is 5.47. The lowest BCUT2D eigenvalue weighted by molar-refractivity contribution is -0.409. The summed E-state index contributed by atoms with van der Waals surface area (Å²) in [5, 5.41) is 0. The van der Waals surface area contributed by atoms with E-state index in [4.69, 9.17) is 14.5 Å². The third-order valence-corrected chi connectivity index (χ3v) is 1.52. The van der Waals surface area contributed by atoms with Gasteiger partial charge in [-0.05, 0) is 27.7 Å². The fraction of sp³-hybridized carbons (Fsp3) is 0.750. The van der Waals surface area contributed by atoms with E-state index in [0.717, 1.165) is 6.42 Å². The molecule has 1 unspecified atom stereocenters. The number of rotatable bonds is 6. The average molecular weight is 230 g/mol. The number of hydrogen-bond donors (Lipinski definition) is 0. The number of carbonyl (C=O) groups is 1. The molecule has 0 heterocycles. The Morgan fingerprint density at radius 1 is 1.38 bits per heavy atom. The molecule has 1 atom stereocenters. The van der Waals surface area contributed by atoms with Gasteiger partial charge in [0.05, 0.1) is 5.60 Å². The van der Waals surface area contributed by atoms with E-state index in [2.05, 4.69) is 6.58 Å². The summed E-state index contributed by atoms with van der Waals surface area (Å²) in [6.07, 6.45) is 0.755. The molecule has 0 aliphatic carbocycles. The minimum atomic E-state index is -0.673. The Hall–Kier alpha value is -0.870. The molecule has 0 amide bonds. The van der Waals surface area contributed by atoms with Crippen molar-refractivity contribution >= 4 is 5.97 Å². The Morgan fingerprint density at radius 3 is 2.31 bits per heavy atom. The second-order valence-corrected chi connectivity index (χ2v) is 4.70. The largest absolute Gasteiger partial charge is 0.430 e. The fourth-order valence-corrected chi connectivity index (χ4v) is 0.780. The second kappa shape index (κ2) is 6.66. The quantitative estimate of drug-likeness (QED) is 0.231. The van der Waals surface area contributed by atoms with Gasteiger partial charge < -0.3 is 4.74 Å². The van der Waals surface area contributed by atoms with Crippen LogP contribution < -0.4 is 0 Å². The van der Waals surface area contributed by atoms with Crippen LogP contribution >= 0.6 is 0 Å². The maximum atomic E-state index is 11.3. The van der Waals surface area contributed by atoms with Crippen molar-refractivity contribution in [3.05, 3.63) is 12.2 Å². The molecule has 4 nitrogen and oxygen atoms in total. The van der Waals surface area contributed by atoms with Gasteiger partial charge in [0.1, 0.15) is 0 Å². The first kappa shape index (κ1) is 15.1. The summed E-state index contributed by atoms with van der Waals surface area (Å²) in [6, 6.07) is 0. The van der Waals surface area contributed by atoms with Crippen LogP contribution in [0.25, 0.3) is 0 Å². The highest BCUT2D eigenvalue weighted by atomic mass is 17.2. The Kier molecular flexibility index (Phi) is 6.29. The predicted molar refractivity (Wildman–Crippen MR) is 61.5 cm³/mol. The lowest BCUT2D eigenvalue weighted by Gasteiger charge is -2.22. The lowest BCUT2D eigenvalue weighted by Crippen LogP contribution is -2.27. The fourth-order valence-electron chi connectivity index (χ4n) is 0.780. The molecule has 0 radical (unpaired) electrons. The topological polar surface area (TPSA) is 44.8 Å². The Labute approximate surface area is 97.5 Å². The van der Waals surface area contributed by atoms with Crippen LogP contribution in [0.5, 0.6) is 0 Å². The monoisotopic (exact) mass is 230 g/mol. The summed E-state index contributed by atoms with van der Waals surface area (Å²) in [6.45, 7) is 12.6. The van der Waals surface area contributed by atoms with E-state index in [-0.39, 0.29) is 0 Å². The number of carbonyl (C=O) groups excluding carboxylic acids is 1. The molecule has 16 heavy (non-hydrogen) atoms. The molecule has 0 bridgehead atoms. The van der Waals surface area contributed by atoms with E-state index in [1.807, 2.05) is 27.7 Å². The average Bonchev–Trinajstić information content (AvgIpc) is 2.13. The molecule has 0 aliphatic heterocycles. The van der Waals surface area contributed by atoms with Crippen LogP contribution in [0.4, 0.5) is 0 Å². The molecule has 0 aliphatic rings. The zero-order valence-electron chi connectivity index (χ0n) is 10.8. The highest BCUT2D eigenvalue weighted by Crippen LogP contribution is 2.13. The van der Waals surface area contributed by atoms with E-state index in [1.54, 1.807) is 6.92 Å². The summed E-state index contributed by atoms with van der Waals surface area (Å²) in [4.78, 5) is 21.5. The molecule has 4 heteroatoms. The second-order valence-electron chi connectivity index (χ2n) is 4.70. The van der Waals surface area contributed by atoms with Gasteiger partial charge in [-0.25, -0.2) is 9.68 Å². The molecule has 0 rings (SSSR count). The van der Waals surface area contributed by atoms with Crippen molar-refractivity contribution in [3.8, 4) is 0 Å². The molecule has 0 saturated heterocycles. The first-order chi connectivity index (χ1) is 7.26. The van der Waals surface area contributed by atoms with Crippen molar-refractivity contribution in [2.45, 2.75) is 59.4 Å². The summed E-state index contributed by atoms with van der Waals surface area (Å²) in [5.41, 5.74) is -0.0813. The van der Waals surface area contributed by atoms with Gasteiger partial charge in [-0.2, -0.15) is 4.89 Å². The number of esters is 1. The van der Waals surface area contributed by atoms with Gasteiger partial charge in [0.2, 0.25) is 6.29 Å². The van der Waals surface area contributed by atoms with Crippen molar-refractivity contribution in [2.24, 2.45) is 0 Å². The Bertz CT molecular complexity index is 240. The van der Waals surface area contributed by atoms with Crippen molar-refractivity contribution in [3.63, 3.8) is 0 Å². The van der Waals surface area contributed by atoms with Gasteiger partial charge in [-0.3, -0.25) is 0 Å². The van der Waals surface area contributed by atoms with E-state index in [0.29, 0.717) is 12.0 Å². The smallest absolute Gasteiger partial charge is 0.335 e. The van der Waals surface area contributed by atoms with Gasteiger partial charge >= 0.3 is 5.97 Å². The minimum Gasteiger partial charge on any atom is -0.430 e. The third kappa shape index (κ3) is 7.43. The molecule has 0 spiro atoms. The third-order valence-electron chi connectivity index (χ3n) is 1.52. The zero-order valence-corrected chi connectivity index (χ0v) is 10.8. The number of hydrogen-bond acceptors (Lipinski definition) is 4. The summed E-state index contributed by atoms with van der Waals surface area (Å²) >= 11 is 0. The van der Waals surface area contributed by atoms with Crippen LogP contribution in [0, 0.1) is 0 Å². The van der Waals surface area contributed by atoms with Crippen LogP contribution in [0.15, 0.2) is 12.2 Å². The van der Waals surface area contributed by atoms with E-state index < -0.39 is 17.9 Å². The molecule has 0 saturated carbocycles. The predicted octanol–water partition coefficient (Wildman–Crippen LogP) is 2.98. The summed E-state index contributed by atoms with van der Waals surface area (Å²) in [5.74, 6) is -0.462. The van der Waals surface area contributed by atoms with Gasteiger partial charge in [0.15, 0.2) is 0 Å². The van der Waals surface area contributed by atoms with Crippen LogP contribution in [0.3, 0.4) is 0 Å². The molecule has 0 aromatic carbocycles. The van der Waals surface area contributed by atoms with Crippen molar-refractivity contribution in [2.75, 3.05) is 0 Å². The van der Waals surface area contributed by atoms with E-state index in [1.165, 1.54) is 0 Å². The van der Waals surface area contributed by atoms with E-state index in [9.17, 15) is 4.79 Å². The molecular formula is C12H22O4. The first-order valence-corrected chi connectivity index (χ1v) is 5.47. The zero-order chi connectivity index (χ0) is 12.8. The van der Waals surface area contributed by atoms with Gasteiger partial charge in [-0.15, -0.1) is 0 Å². The number of ether oxygens (including phenoxy) is 1. The SMILES string of the molecule is C=C(C)C(=O)OC(CCC)OOC(C)(C)C. The van der Waals surface area contributed by atoms with Gasteiger partial charge in [-0.1, -0.05) is 19.9 Å². The van der Waals surface area contributed by atoms with Gasteiger partial charge in [0, 0.05) is 12.0 Å². The van der Waals surface area contributed by atoms with Crippen molar-refractivity contribution in [1.82, 2.24) is 0 Å².